The first-order valence-corrected chi connectivity index (χ1v) is 5.39. The average molecular weight is 199 g/mol. The lowest BCUT2D eigenvalue weighted by atomic mass is 9.71. The second-order valence-corrected chi connectivity index (χ2v) is 3.79. The van der Waals surface area contributed by atoms with Crippen molar-refractivity contribution in [1.29, 1.82) is 0 Å². The van der Waals surface area contributed by atoms with E-state index in [1.165, 1.54) is 5.56 Å². The summed E-state index contributed by atoms with van der Waals surface area (Å²) in [5.74, 6) is 2.21. The third kappa shape index (κ3) is 2.12. The van der Waals surface area contributed by atoms with Gasteiger partial charge >= 0.3 is 6.98 Å². The van der Waals surface area contributed by atoms with Crippen molar-refractivity contribution in [2.75, 3.05) is 6.54 Å². The van der Waals surface area contributed by atoms with Crippen LogP contribution in [0.25, 0.3) is 0 Å². The molecule has 0 saturated carbocycles. The summed E-state index contributed by atoms with van der Waals surface area (Å²) in [5, 5.41) is 0. The Morgan fingerprint density at radius 3 is 2.67 bits per heavy atom. The van der Waals surface area contributed by atoms with Gasteiger partial charge < -0.3 is 4.81 Å². The molecule has 15 heavy (non-hydrogen) atoms. The van der Waals surface area contributed by atoms with Crippen molar-refractivity contribution >= 4 is 6.98 Å². The molecule has 0 aromatic carbocycles. The molecule has 1 aliphatic rings. The molecule has 0 bridgehead atoms. The van der Waals surface area contributed by atoms with E-state index in [2.05, 4.69) is 72.0 Å². The maximum Gasteiger partial charge on any atom is 0.644 e. The second-order valence-electron chi connectivity index (χ2n) is 3.79. The van der Waals surface area contributed by atoms with Gasteiger partial charge in [0.05, 0.1) is 0 Å². The van der Waals surface area contributed by atoms with Crippen molar-refractivity contribution in [3.8, 4) is 0 Å². The van der Waals surface area contributed by atoms with Crippen molar-refractivity contribution in [3.63, 3.8) is 0 Å². The Hall–Kier alpha value is -1.51. The Bertz CT molecular complexity index is 381. The molecule has 1 aromatic rings. The Labute approximate surface area is 91.7 Å². The van der Waals surface area contributed by atoms with E-state index in [-0.39, 0.29) is 0 Å². The average Bonchev–Trinajstić information content (AvgIpc) is 2.30. The minimum absolute atomic E-state index is 0.320. The molecular formula is C12H16BN2+. The first-order valence-electron chi connectivity index (χ1n) is 5.39. The summed E-state index contributed by atoms with van der Waals surface area (Å²) in [4.78, 5) is 2.30. The number of aryl methyl sites for hydroxylation is 1. The molecule has 0 atom stereocenters. The van der Waals surface area contributed by atoms with Crippen molar-refractivity contribution in [2.45, 2.75) is 13.8 Å². The molecule has 76 valence electrons. The van der Waals surface area contributed by atoms with Gasteiger partial charge in [-0.1, -0.05) is 6.08 Å². The number of hydrogen-bond donors (Lipinski definition) is 0. The lowest BCUT2D eigenvalue weighted by molar-refractivity contribution is -0.542. The molecule has 0 aliphatic carbocycles. The fraction of sp³-hybridized carbons (Fsp3) is 0.250. The van der Waals surface area contributed by atoms with E-state index in [0.717, 1.165) is 6.54 Å². The molecule has 3 heteroatoms. The van der Waals surface area contributed by atoms with Crippen LogP contribution in [0.3, 0.4) is 0 Å². The predicted octanol–water partition coefficient (Wildman–Crippen LogP) is 1.56. The van der Waals surface area contributed by atoms with E-state index in [0.29, 0.717) is 6.98 Å². The first kappa shape index (κ1) is 10.0. The fourth-order valence-corrected chi connectivity index (χ4v) is 1.77. The molecule has 0 fully saturated rings. The Balaban J connectivity index is 2.26. The highest BCUT2D eigenvalue weighted by Crippen LogP contribution is 2.02. The number of hydrogen-bond acceptors (Lipinski definition) is 1. The smallest absolute Gasteiger partial charge is 0.353 e. The zero-order valence-electron chi connectivity index (χ0n) is 9.30. The number of nitrogens with zero attached hydrogens (tertiary/aromatic N) is 2. The molecule has 0 saturated heterocycles. The molecule has 0 radical (unpaired) electrons. The summed E-state index contributed by atoms with van der Waals surface area (Å²) in [6.07, 6.45) is 10.6. The van der Waals surface area contributed by atoms with Gasteiger partial charge in [0.15, 0.2) is 0 Å². The Morgan fingerprint density at radius 2 is 2.00 bits per heavy atom. The molecule has 0 N–H and O–H groups in total. The van der Waals surface area contributed by atoms with Crippen LogP contribution in [-0.4, -0.2) is 18.3 Å². The lowest BCUT2D eigenvalue weighted by Gasteiger charge is -2.19. The molecule has 0 spiro atoms. The summed E-state index contributed by atoms with van der Waals surface area (Å²) < 4.78 is 2.22. The summed E-state index contributed by atoms with van der Waals surface area (Å²) >= 11 is 0. The van der Waals surface area contributed by atoms with Crippen LogP contribution in [0.15, 0.2) is 48.9 Å². The van der Waals surface area contributed by atoms with E-state index in [1.54, 1.807) is 0 Å². The number of pyridine rings is 1. The monoisotopic (exact) mass is 199 g/mol. The lowest BCUT2D eigenvalue weighted by Crippen LogP contribution is -2.59. The van der Waals surface area contributed by atoms with E-state index in [4.69, 9.17) is 0 Å². The van der Waals surface area contributed by atoms with E-state index in [9.17, 15) is 0 Å². The highest BCUT2D eigenvalue weighted by atomic mass is 15.1. The Kier molecular flexibility index (Phi) is 2.90. The summed E-state index contributed by atoms with van der Waals surface area (Å²) in [7, 11) is 0. The third-order valence-electron chi connectivity index (χ3n) is 2.70. The van der Waals surface area contributed by atoms with Gasteiger partial charge in [0.2, 0.25) is 0 Å². The molecular weight excluding hydrogens is 183 g/mol. The summed E-state index contributed by atoms with van der Waals surface area (Å²) in [6, 6.07) is 4.28. The normalized spacial score (nSPS) is 14.8. The van der Waals surface area contributed by atoms with Crippen LogP contribution >= 0.6 is 0 Å². The molecule has 1 aliphatic heterocycles. The molecule has 0 amide bonds. The van der Waals surface area contributed by atoms with Gasteiger partial charge in [-0.2, -0.15) is 0 Å². The number of aromatic nitrogens is 1. The van der Waals surface area contributed by atoms with Crippen molar-refractivity contribution < 1.29 is 4.48 Å². The van der Waals surface area contributed by atoms with Crippen LogP contribution in [0.1, 0.15) is 12.5 Å². The zero-order chi connectivity index (χ0) is 10.7. The van der Waals surface area contributed by atoms with Gasteiger partial charge in [-0.25, -0.2) is 0 Å². The summed E-state index contributed by atoms with van der Waals surface area (Å²) in [6.45, 7) is 5.62. The van der Waals surface area contributed by atoms with Gasteiger partial charge in [0.1, 0.15) is 12.4 Å². The summed E-state index contributed by atoms with van der Waals surface area (Å²) in [5.41, 5.74) is 1.30. The van der Waals surface area contributed by atoms with Crippen LogP contribution in [0.4, 0.5) is 0 Å². The highest BCUT2D eigenvalue weighted by molar-refractivity contribution is 6.53. The standard InChI is InChI=1S/C12H16BN2/c1-3-14-9-5-4-8-13(14)15-10-6-12(2)7-11-15/h4-11H,3H2,1-2H3/q+1. The Morgan fingerprint density at radius 1 is 1.27 bits per heavy atom. The van der Waals surface area contributed by atoms with Crippen molar-refractivity contribution in [2.24, 2.45) is 0 Å². The molecule has 1 aromatic heterocycles. The van der Waals surface area contributed by atoms with Gasteiger partial charge in [0, 0.05) is 18.7 Å². The minimum atomic E-state index is 0.320. The minimum Gasteiger partial charge on any atom is -0.353 e. The largest absolute Gasteiger partial charge is 0.644 e. The highest BCUT2D eigenvalue weighted by Gasteiger charge is 2.32. The predicted molar refractivity (Wildman–Crippen MR) is 63.2 cm³/mol. The van der Waals surface area contributed by atoms with Crippen molar-refractivity contribution in [3.05, 3.63) is 54.4 Å². The van der Waals surface area contributed by atoms with Gasteiger partial charge in [-0.15, -0.1) is 0 Å². The fourth-order valence-electron chi connectivity index (χ4n) is 1.77. The van der Waals surface area contributed by atoms with Crippen LogP contribution < -0.4 is 4.48 Å². The second kappa shape index (κ2) is 4.34. The van der Waals surface area contributed by atoms with Crippen LogP contribution in [0.2, 0.25) is 0 Å². The maximum absolute atomic E-state index is 2.30. The number of rotatable bonds is 2. The van der Waals surface area contributed by atoms with E-state index >= 15 is 0 Å². The maximum atomic E-state index is 2.30. The van der Waals surface area contributed by atoms with Crippen LogP contribution in [-0.2, 0) is 0 Å². The topological polar surface area (TPSA) is 7.12 Å². The van der Waals surface area contributed by atoms with E-state index < -0.39 is 0 Å². The van der Waals surface area contributed by atoms with Gasteiger partial charge in [0.25, 0.3) is 0 Å². The van der Waals surface area contributed by atoms with Gasteiger partial charge in [-0.05, 0) is 37.7 Å². The molecule has 2 heterocycles. The van der Waals surface area contributed by atoms with Gasteiger partial charge in [-0.3, -0.25) is 4.48 Å². The van der Waals surface area contributed by atoms with Crippen LogP contribution in [0.5, 0.6) is 0 Å². The van der Waals surface area contributed by atoms with Crippen LogP contribution in [0, 0.1) is 6.92 Å². The third-order valence-corrected chi connectivity index (χ3v) is 2.70. The number of allylic oxidation sites excluding steroid dienone is 2. The SMILES string of the molecule is CCN1C=CC=CB1[n+]1ccc(C)cc1. The van der Waals surface area contributed by atoms with E-state index in [1.807, 2.05) is 0 Å². The zero-order valence-corrected chi connectivity index (χ0v) is 9.30. The quantitative estimate of drug-likeness (QED) is 0.655. The van der Waals surface area contributed by atoms with Crippen molar-refractivity contribution in [1.82, 2.24) is 4.81 Å². The molecule has 0 unspecified atom stereocenters. The molecule has 2 nitrogen and oxygen atoms in total. The molecule has 2 rings (SSSR count). The first-order chi connectivity index (χ1) is 7.31.